The molecule has 0 aliphatic heterocycles. The van der Waals surface area contributed by atoms with Crippen molar-refractivity contribution >= 4 is 55.7 Å². The predicted octanol–water partition coefficient (Wildman–Crippen LogP) is 4.78. The van der Waals surface area contributed by atoms with Crippen LogP contribution >= 0.6 is 34.4 Å². The number of fused-ring (bicyclic) bond motifs is 3. The summed E-state index contributed by atoms with van der Waals surface area (Å²) in [7, 11) is 0. The van der Waals surface area contributed by atoms with Gasteiger partial charge in [0.2, 0.25) is 5.91 Å². The number of thiazole rings is 1. The number of hydrogen-bond donors (Lipinski definition) is 2. The first-order valence-corrected chi connectivity index (χ1v) is 13.3. The van der Waals surface area contributed by atoms with Crippen LogP contribution in [0.4, 0.5) is 5.13 Å². The maximum absolute atomic E-state index is 12.5. The molecule has 0 radical (unpaired) electrons. The van der Waals surface area contributed by atoms with E-state index in [4.69, 9.17) is 0 Å². The molecule has 164 valence electrons. The molecule has 0 atom stereocenters. The van der Waals surface area contributed by atoms with Crippen LogP contribution in [0.3, 0.4) is 0 Å². The lowest BCUT2D eigenvalue weighted by molar-refractivity contribution is -0.115. The van der Waals surface area contributed by atoms with Crippen LogP contribution < -0.4 is 10.9 Å². The molecule has 2 N–H and O–H groups in total. The zero-order chi connectivity index (χ0) is 21.9. The Morgan fingerprint density at radius 1 is 1.19 bits per heavy atom. The summed E-state index contributed by atoms with van der Waals surface area (Å²) in [5.41, 5.74) is 2.39. The summed E-state index contributed by atoms with van der Waals surface area (Å²) < 4.78 is 0. The first-order valence-electron chi connectivity index (χ1n) is 10.6. The molecule has 1 aliphatic carbocycles. The number of amides is 1. The lowest BCUT2D eigenvalue weighted by atomic mass is 10.1. The second-order valence-electron chi connectivity index (χ2n) is 7.69. The molecule has 32 heavy (non-hydrogen) atoms. The Morgan fingerprint density at radius 2 is 2.06 bits per heavy atom. The van der Waals surface area contributed by atoms with E-state index in [0.29, 0.717) is 28.9 Å². The van der Waals surface area contributed by atoms with E-state index < -0.39 is 0 Å². The third kappa shape index (κ3) is 4.79. The largest absolute Gasteiger partial charge is 0.309 e. The van der Waals surface area contributed by atoms with E-state index in [-0.39, 0.29) is 11.5 Å². The van der Waals surface area contributed by atoms with E-state index >= 15 is 0 Å². The third-order valence-electron chi connectivity index (χ3n) is 5.36. The number of anilines is 1. The van der Waals surface area contributed by atoms with Crippen molar-refractivity contribution in [3.63, 3.8) is 0 Å². The molecular weight excluding hydrogens is 460 g/mol. The summed E-state index contributed by atoms with van der Waals surface area (Å²) in [6, 6.07) is 10.2. The number of thiophene rings is 1. The second-order valence-corrected chi connectivity index (χ2v) is 11.0. The zero-order valence-corrected chi connectivity index (χ0v) is 19.8. The van der Waals surface area contributed by atoms with E-state index in [2.05, 4.69) is 32.4 Å². The first kappa shape index (κ1) is 21.4. The fourth-order valence-electron chi connectivity index (χ4n) is 3.87. The van der Waals surface area contributed by atoms with E-state index in [1.54, 1.807) is 23.1 Å². The Bertz CT molecular complexity index is 1310. The van der Waals surface area contributed by atoms with Crippen LogP contribution in [0, 0.1) is 0 Å². The van der Waals surface area contributed by atoms with Gasteiger partial charge in [-0.05, 0) is 30.4 Å². The SMILES string of the molecule is O=C(CCSCc1nc2sc3c(c2c(=O)[nH]1)CCC3)Nc1ncc(Cc2ccccc2)s1. The second kappa shape index (κ2) is 9.56. The van der Waals surface area contributed by atoms with Crippen LogP contribution in [0.5, 0.6) is 0 Å². The number of H-pyrrole nitrogens is 1. The van der Waals surface area contributed by atoms with Crippen molar-refractivity contribution in [2.45, 2.75) is 37.9 Å². The van der Waals surface area contributed by atoms with Gasteiger partial charge in [0, 0.05) is 34.5 Å². The molecule has 1 aliphatic rings. The zero-order valence-electron chi connectivity index (χ0n) is 17.3. The molecule has 3 heterocycles. The van der Waals surface area contributed by atoms with Crippen molar-refractivity contribution < 1.29 is 4.79 Å². The number of carbonyl (C=O) groups excluding carboxylic acids is 1. The van der Waals surface area contributed by atoms with Gasteiger partial charge >= 0.3 is 0 Å². The van der Waals surface area contributed by atoms with Gasteiger partial charge in [-0.15, -0.1) is 22.7 Å². The van der Waals surface area contributed by atoms with Gasteiger partial charge in [0.25, 0.3) is 5.56 Å². The van der Waals surface area contributed by atoms with Gasteiger partial charge in [-0.2, -0.15) is 11.8 Å². The van der Waals surface area contributed by atoms with Gasteiger partial charge in [0.05, 0.1) is 11.1 Å². The van der Waals surface area contributed by atoms with E-state index in [0.717, 1.165) is 40.8 Å². The van der Waals surface area contributed by atoms with Crippen molar-refractivity contribution in [1.82, 2.24) is 15.0 Å². The fourth-order valence-corrected chi connectivity index (χ4v) is 6.82. The van der Waals surface area contributed by atoms with Gasteiger partial charge in [0.15, 0.2) is 5.13 Å². The Balaban J connectivity index is 1.10. The van der Waals surface area contributed by atoms with E-state index in [1.807, 2.05) is 24.4 Å². The van der Waals surface area contributed by atoms with Gasteiger partial charge in [0.1, 0.15) is 10.7 Å². The highest BCUT2D eigenvalue weighted by molar-refractivity contribution is 7.98. The topological polar surface area (TPSA) is 87.7 Å². The highest BCUT2D eigenvalue weighted by Crippen LogP contribution is 2.34. The average Bonchev–Trinajstić information content (AvgIpc) is 3.48. The number of carbonyl (C=O) groups is 1. The Kier molecular flexibility index (Phi) is 6.38. The van der Waals surface area contributed by atoms with Crippen molar-refractivity contribution in [2.75, 3.05) is 11.1 Å². The van der Waals surface area contributed by atoms with Gasteiger partial charge in [-0.25, -0.2) is 9.97 Å². The number of aryl methyl sites for hydroxylation is 2. The van der Waals surface area contributed by atoms with Crippen LogP contribution in [-0.4, -0.2) is 26.6 Å². The molecule has 6 nitrogen and oxygen atoms in total. The van der Waals surface area contributed by atoms with Crippen LogP contribution in [-0.2, 0) is 29.8 Å². The van der Waals surface area contributed by atoms with Crippen molar-refractivity contribution in [3.05, 3.63) is 73.6 Å². The van der Waals surface area contributed by atoms with E-state index in [9.17, 15) is 9.59 Å². The van der Waals surface area contributed by atoms with Crippen molar-refractivity contribution in [3.8, 4) is 0 Å². The molecule has 0 bridgehead atoms. The smallest absolute Gasteiger partial charge is 0.259 e. The molecule has 4 aromatic rings. The van der Waals surface area contributed by atoms with Crippen LogP contribution in [0.15, 0.2) is 41.3 Å². The van der Waals surface area contributed by atoms with Gasteiger partial charge < -0.3 is 10.3 Å². The highest BCUT2D eigenvalue weighted by Gasteiger charge is 2.21. The molecule has 1 aromatic carbocycles. The lowest BCUT2D eigenvalue weighted by Crippen LogP contribution is -2.13. The molecule has 0 saturated carbocycles. The minimum absolute atomic E-state index is 0.0298. The highest BCUT2D eigenvalue weighted by atomic mass is 32.2. The minimum atomic E-state index is -0.0512. The Morgan fingerprint density at radius 3 is 2.94 bits per heavy atom. The molecule has 1 amide bonds. The number of nitrogens with one attached hydrogen (secondary N) is 2. The first-order chi connectivity index (χ1) is 15.7. The normalized spacial score (nSPS) is 12.9. The summed E-state index contributed by atoms with van der Waals surface area (Å²) >= 11 is 4.75. The molecule has 5 rings (SSSR count). The van der Waals surface area contributed by atoms with E-state index in [1.165, 1.54) is 27.3 Å². The molecule has 0 unspecified atom stereocenters. The number of aromatic nitrogens is 3. The summed E-state index contributed by atoms with van der Waals surface area (Å²) in [6.07, 6.45) is 6.19. The summed E-state index contributed by atoms with van der Waals surface area (Å²) in [6.45, 7) is 0. The van der Waals surface area contributed by atoms with Crippen LogP contribution in [0.1, 0.15) is 39.5 Å². The molecular formula is C23H22N4O2S3. The van der Waals surface area contributed by atoms with Gasteiger partial charge in [-0.1, -0.05) is 30.3 Å². The standard InChI is InChI=1S/C23H22N4O2S3/c28-19(27-23-24-12-15(31-23)11-14-5-2-1-3-6-14)9-10-30-13-18-25-21(29)20-16-7-4-8-17(16)32-22(20)26-18/h1-3,5-6,12H,4,7-11,13H2,(H,24,27,28)(H,25,26,29). The van der Waals surface area contributed by atoms with Crippen LogP contribution in [0.25, 0.3) is 10.2 Å². The maximum Gasteiger partial charge on any atom is 0.259 e. The monoisotopic (exact) mass is 482 g/mol. The number of rotatable bonds is 8. The third-order valence-corrected chi connectivity index (χ3v) is 8.43. The molecule has 0 saturated heterocycles. The number of nitrogens with zero attached hydrogens (tertiary/aromatic N) is 2. The molecule has 3 aromatic heterocycles. The Labute approximate surface area is 197 Å². The molecule has 9 heteroatoms. The number of hydrogen-bond acceptors (Lipinski definition) is 7. The summed E-state index contributed by atoms with van der Waals surface area (Å²) in [5, 5.41) is 4.30. The quantitative estimate of drug-likeness (QED) is 0.353. The number of benzene rings is 1. The predicted molar refractivity (Wildman–Crippen MR) is 133 cm³/mol. The van der Waals surface area contributed by atoms with Gasteiger partial charge in [-0.3, -0.25) is 9.59 Å². The molecule has 0 spiro atoms. The number of thioether (sulfide) groups is 1. The average molecular weight is 483 g/mol. The maximum atomic E-state index is 12.5. The minimum Gasteiger partial charge on any atom is -0.309 e. The molecule has 0 fully saturated rings. The fraction of sp³-hybridized carbons (Fsp3) is 0.304. The van der Waals surface area contributed by atoms with Crippen molar-refractivity contribution in [2.24, 2.45) is 0 Å². The summed E-state index contributed by atoms with van der Waals surface area (Å²) in [4.78, 5) is 40.0. The Hall–Kier alpha value is -2.49. The number of aromatic amines is 1. The lowest BCUT2D eigenvalue weighted by Gasteiger charge is -2.03. The van der Waals surface area contributed by atoms with Crippen LogP contribution in [0.2, 0.25) is 0 Å². The summed E-state index contributed by atoms with van der Waals surface area (Å²) in [5.74, 6) is 1.86. The van der Waals surface area contributed by atoms with Crippen molar-refractivity contribution in [1.29, 1.82) is 0 Å².